The Morgan fingerprint density at radius 1 is 0.935 bits per heavy atom. The minimum atomic E-state index is -0.132. The molecule has 0 radical (unpaired) electrons. The fourth-order valence-corrected chi connectivity index (χ4v) is 9.70. The van der Waals surface area contributed by atoms with Gasteiger partial charge >= 0.3 is 0 Å². The SMILES string of the molecule is CC(C)CCCC(C)C1CC[C@@]2(C)C3=CC[C@@H]4C(C)(CC[C@H](O)C4(C)C)C3CCC12C. The van der Waals surface area contributed by atoms with Crippen LogP contribution in [-0.4, -0.2) is 11.2 Å². The standard InChI is InChI=1S/C30H52O/c1-20(2)10-9-11-21(3)22-14-18-30(8)24-12-13-25-27(4,5)26(31)16-17-28(25,6)23(24)15-19-29(22,30)7/h12,20-23,25-26,31H,9-11,13-19H2,1-8H3/t21?,22?,23?,25-,26-,28?,29?,30-/m0/s1. The van der Waals surface area contributed by atoms with Crippen molar-refractivity contribution in [1.29, 1.82) is 0 Å². The van der Waals surface area contributed by atoms with Crippen LogP contribution in [0.5, 0.6) is 0 Å². The molecule has 178 valence electrons. The summed E-state index contributed by atoms with van der Waals surface area (Å²) in [6.07, 6.45) is 15.8. The van der Waals surface area contributed by atoms with Crippen LogP contribution in [0.3, 0.4) is 0 Å². The first-order chi connectivity index (χ1) is 14.4. The molecule has 0 aromatic carbocycles. The van der Waals surface area contributed by atoms with Crippen LogP contribution in [0.25, 0.3) is 0 Å². The molecule has 4 rings (SSSR count). The van der Waals surface area contributed by atoms with Gasteiger partial charge in [-0.1, -0.05) is 86.3 Å². The van der Waals surface area contributed by atoms with Crippen molar-refractivity contribution in [3.8, 4) is 0 Å². The lowest BCUT2D eigenvalue weighted by atomic mass is 9.41. The summed E-state index contributed by atoms with van der Waals surface area (Å²) >= 11 is 0. The summed E-state index contributed by atoms with van der Waals surface area (Å²) < 4.78 is 0. The summed E-state index contributed by atoms with van der Waals surface area (Å²) in [7, 11) is 0. The number of hydrogen-bond acceptors (Lipinski definition) is 1. The lowest BCUT2D eigenvalue weighted by Gasteiger charge is -2.64. The van der Waals surface area contributed by atoms with E-state index in [0.29, 0.717) is 22.2 Å². The number of aliphatic hydroxyl groups is 1. The largest absolute Gasteiger partial charge is 0.393 e. The van der Waals surface area contributed by atoms with E-state index in [2.05, 4.69) is 61.5 Å². The normalized spacial score (nSPS) is 47.4. The van der Waals surface area contributed by atoms with Gasteiger partial charge in [0.15, 0.2) is 0 Å². The molecule has 3 saturated carbocycles. The third-order valence-electron chi connectivity index (χ3n) is 12.0. The van der Waals surface area contributed by atoms with Crippen molar-refractivity contribution in [2.45, 2.75) is 126 Å². The molecule has 1 heteroatoms. The third kappa shape index (κ3) is 3.41. The fourth-order valence-electron chi connectivity index (χ4n) is 9.70. The Morgan fingerprint density at radius 2 is 1.65 bits per heavy atom. The summed E-state index contributed by atoms with van der Waals surface area (Å²) in [6, 6.07) is 0. The molecule has 5 unspecified atom stereocenters. The summed E-state index contributed by atoms with van der Waals surface area (Å²) in [4.78, 5) is 0. The molecule has 0 aromatic rings. The molecule has 1 N–H and O–H groups in total. The summed E-state index contributed by atoms with van der Waals surface area (Å²) in [5.74, 6) is 3.95. The molecule has 4 aliphatic rings. The van der Waals surface area contributed by atoms with E-state index in [0.717, 1.165) is 30.1 Å². The van der Waals surface area contributed by atoms with Crippen LogP contribution in [0, 0.1) is 51.2 Å². The van der Waals surface area contributed by atoms with Crippen molar-refractivity contribution in [2.24, 2.45) is 51.2 Å². The van der Waals surface area contributed by atoms with Crippen LogP contribution in [0.1, 0.15) is 120 Å². The Kier molecular flexibility index (Phi) is 6.07. The van der Waals surface area contributed by atoms with Crippen LogP contribution in [0.15, 0.2) is 11.6 Å². The maximum Gasteiger partial charge on any atom is 0.0594 e. The van der Waals surface area contributed by atoms with E-state index in [-0.39, 0.29) is 11.5 Å². The van der Waals surface area contributed by atoms with Crippen LogP contribution in [0.2, 0.25) is 0 Å². The molecule has 0 aliphatic heterocycles. The van der Waals surface area contributed by atoms with E-state index in [9.17, 15) is 5.11 Å². The predicted octanol–water partition coefficient (Wildman–Crippen LogP) is 8.41. The predicted molar refractivity (Wildman–Crippen MR) is 133 cm³/mol. The first kappa shape index (κ1) is 23.8. The molecule has 1 nitrogen and oxygen atoms in total. The van der Waals surface area contributed by atoms with Gasteiger partial charge in [-0.2, -0.15) is 0 Å². The molecule has 3 fully saturated rings. The van der Waals surface area contributed by atoms with Crippen molar-refractivity contribution >= 4 is 0 Å². The van der Waals surface area contributed by atoms with E-state index in [1.165, 1.54) is 57.8 Å². The van der Waals surface area contributed by atoms with Crippen LogP contribution in [0.4, 0.5) is 0 Å². The average molecular weight is 429 g/mol. The molecule has 0 heterocycles. The minimum Gasteiger partial charge on any atom is -0.393 e. The molecule has 8 atom stereocenters. The monoisotopic (exact) mass is 428 g/mol. The van der Waals surface area contributed by atoms with Crippen LogP contribution < -0.4 is 0 Å². The summed E-state index contributed by atoms with van der Waals surface area (Å²) in [6.45, 7) is 20.0. The molecule has 0 saturated heterocycles. The smallest absolute Gasteiger partial charge is 0.0594 e. The van der Waals surface area contributed by atoms with E-state index in [1.807, 2.05) is 5.57 Å². The number of allylic oxidation sites excluding steroid dienone is 2. The first-order valence-electron chi connectivity index (χ1n) is 13.8. The van der Waals surface area contributed by atoms with Gasteiger partial charge in [-0.05, 0) is 96.2 Å². The van der Waals surface area contributed by atoms with Gasteiger partial charge < -0.3 is 5.11 Å². The van der Waals surface area contributed by atoms with Gasteiger partial charge in [-0.3, -0.25) is 0 Å². The van der Waals surface area contributed by atoms with Crippen molar-refractivity contribution < 1.29 is 5.11 Å². The van der Waals surface area contributed by atoms with Crippen molar-refractivity contribution in [1.82, 2.24) is 0 Å². The Hall–Kier alpha value is -0.300. The molecule has 4 aliphatic carbocycles. The van der Waals surface area contributed by atoms with E-state index in [4.69, 9.17) is 0 Å². The van der Waals surface area contributed by atoms with Crippen molar-refractivity contribution in [3.63, 3.8) is 0 Å². The van der Waals surface area contributed by atoms with Gasteiger partial charge in [0.2, 0.25) is 0 Å². The van der Waals surface area contributed by atoms with Gasteiger partial charge in [0, 0.05) is 0 Å². The lowest BCUT2D eigenvalue weighted by molar-refractivity contribution is -0.131. The quantitative estimate of drug-likeness (QED) is 0.436. The van der Waals surface area contributed by atoms with E-state index >= 15 is 0 Å². The zero-order chi connectivity index (χ0) is 22.8. The van der Waals surface area contributed by atoms with Crippen molar-refractivity contribution in [3.05, 3.63) is 11.6 Å². The maximum atomic E-state index is 10.8. The van der Waals surface area contributed by atoms with Crippen LogP contribution in [-0.2, 0) is 0 Å². The summed E-state index contributed by atoms with van der Waals surface area (Å²) in [5.41, 5.74) is 3.13. The highest BCUT2D eigenvalue weighted by Gasteiger charge is 2.65. The number of aliphatic hydroxyl groups excluding tert-OH is 1. The lowest BCUT2D eigenvalue weighted by Crippen LogP contribution is -2.58. The summed E-state index contributed by atoms with van der Waals surface area (Å²) in [5, 5.41) is 10.8. The third-order valence-corrected chi connectivity index (χ3v) is 12.0. The van der Waals surface area contributed by atoms with Gasteiger partial charge in [0.25, 0.3) is 0 Å². The number of hydrogen-bond donors (Lipinski definition) is 1. The highest BCUT2D eigenvalue weighted by molar-refractivity contribution is 5.33. The molecule has 0 bridgehead atoms. The molecule has 0 spiro atoms. The van der Waals surface area contributed by atoms with E-state index < -0.39 is 0 Å². The average Bonchev–Trinajstić information content (AvgIpc) is 2.96. The second kappa shape index (κ2) is 7.89. The first-order valence-corrected chi connectivity index (χ1v) is 13.8. The van der Waals surface area contributed by atoms with Crippen molar-refractivity contribution in [2.75, 3.05) is 0 Å². The fraction of sp³-hybridized carbons (Fsp3) is 0.933. The Balaban J connectivity index is 1.60. The molecule has 0 aromatic heterocycles. The topological polar surface area (TPSA) is 20.2 Å². The minimum absolute atomic E-state index is 0.0415. The maximum absolute atomic E-state index is 10.8. The second-order valence-electron chi connectivity index (χ2n) is 14.1. The molecule has 31 heavy (non-hydrogen) atoms. The Morgan fingerprint density at radius 3 is 2.32 bits per heavy atom. The molecular weight excluding hydrogens is 376 g/mol. The zero-order valence-electron chi connectivity index (χ0n) is 22.1. The Bertz CT molecular complexity index is 703. The Labute approximate surface area is 193 Å². The van der Waals surface area contributed by atoms with Gasteiger partial charge in [-0.25, -0.2) is 0 Å². The van der Waals surface area contributed by atoms with Gasteiger partial charge in [0.1, 0.15) is 0 Å². The number of fused-ring (bicyclic) bond motifs is 5. The molecule has 0 amide bonds. The van der Waals surface area contributed by atoms with Gasteiger partial charge in [-0.15, -0.1) is 0 Å². The van der Waals surface area contributed by atoms with Gasteiger partial charge in [0.05, 0.1) is 6.10 Å². The zero-order valence-corrected chi connectivity index (χ0v) is 22.1. The van der Waals surface area contributed by atoms with Crippen LogP contribution >= 0.6 is 0 Å². The highest BCUT2D eigenvalue weighted by Crippen LogP contribution is 2.73. The number of rotatable bonds is 5. The second-order valence-corrected chi connectivity index (χ2v) is 14.1. The van der Waals surface area contributed by atoms with E-state index in [1.54, 1.807) is 0 Å². The highest BCUT2D eigenvalue weighted by atomic mass is 16.3. The molecular formula is C30H52O.